The van der Waals surface area contributed by atoms with Crippen LogP contribution in [0.3, 0.4) is 0 Å². The van der Waals surface area contributed by atoms with E-state index >= 15 is 0 Å². The summed E-state index contributed by atoms with van der Waals surface area (Å²) in [5.74, 6) is -0.780. The van der Waals surface area contributed by atoms with Gasteiger partial charge in [-0.2, -0.15) is 0 Å². The highest BCUT2D eigenvalue weighted by molar-refractivity contribution is 5.97. The molecule has 1 fully saturated rings. The smallest absolute Gasteiger partial charge is 0.337 e. The fraction of sp³-hybridized carbons (Fsp3) is 0.318. The third-order valence-electron chi connectivity index (χ3n) is 5.00. The number of benzene rings is 2. The van der Waals surface area contributed by atoms with Crippen molar-refractivity contribution < 1.29 is 19.1 Å². The zero-order valence-electron chi connectivity index (χ0n) is 17.1. The van der Waals surface area contributed by atoms with Crippen LogP contribution in [0.2, 0.25) is 0 Å². The lowest BCUT2D eigenvalue weighted by molar-refractivity contribution is -0.117. The molecule has 0 aliphatic carbocycles. The van der Waals surface area contributed by atoms with Crippen molar-refractivity contribution in [2.24, 2.45) is 0 Å². The molecule has 1 aliphatic rings. The second kappa shape index (κ2) is 9.78. The number of urea groups is 1. The van der Waals surface area contributed by atoms with E-state index in [1.54, 1.807) is 36.1 Å². The van der Waals surface area contributed by atoms with Crippen molar-refractivity contribution in [3.05, 3.63) is 60.2 Å². The lowest BCUT2D eigenvalue weighted by Crippen LogP contribution is -2.54. The minimum absolute atomic E-state index is 0.258. The first-order valence-corrected chi connectivity index (χ1v) is 9.82. The SMILES string of the molecule is COC(=O)c1ccc(NC(=O)[C@H](C)NC(=O)N2CCN(c3ccccc3)CC2)cc1. The van der Waals surface area contributed by atoms with Crippen molar-refractivity contribution in [3.8, 4) is 0 Å². The summed E-state index contributed by atoms with van der Waals surface area (Å²) in [5.41, 5.74) is 2.07. The molecule has 8 heteroatoms. The molecule has 30 heavy (non-hydrogen) atoms. The van der Waals surface area contributed by atoms with Gasteiger partial charge in [-0.3, -0.25) is 4.79 Å². The predicted octanol–water partition coefficient (Wildman–Crippen LogP) is 2.33. The van der Waals surface area contributed by atoms with Gasteiger partial charge in [0.05, 0.1) is 12.7 Å². The molecular weight excluding hydrogens is 384 g/mol. The Hall–Kier alpha value is -3.55. The Bertz CT molecular complexity index is 878. The van der Waals surface area contributed by atoms with Crippen molar-refractivity contribution >= 4 is 29.3 Å². The normalized spacial score (nSPS) is 14.6. The van der Waals surface area contributed by atoms with Gasteiger partial charge in [-0.1, -0.05) is 18.2 Å². The van der Waals surface area contributed by atoms with Crippen LogP contribution in [-0.2, 0) is 9.53 Å². The minimum atomic E-state index is -0.704. The number of esters is 1. The number of para-hydroxylation sites is 1. The van der Waals surface area contributed by atoms with Crippen molar-refractivity contribution in [3.63, 3.8) is 0 Å². The Morgan fingerprint density at radius 2 is 1.57 bits per heavy atom. The lowest BCUT2D eigenvalue weighted by Gasteiger charge is -2.36. The fourth-order valence-electron chi connectivity index (χ4n) is 3.21. The first-order valence-electron chi connectivity index (χ1n) is 9.82. The van der Waals surface area contributed by atoms with Crippen LogP contribution >= 0.6 is 0 Å². The van der Waals surface area contributed by atoms with Crippen molar-refractivity contribution in [1.82, 2.24) is 10.2 Å². The van der Waals surface area contributed by atoms with Gasteiger partial charge < -0.3 is 25.2 Å². The average molecular weight is 410 g/mol. The number of anilines is 2. The summed E-state index contributed by atoms with van der Waals surface area (Å²) < 4.78 is 4.65. The number of carbonyl (C=O) groups is 3. The van der Waals surface area contributed by atoms with Crippen LogP contribution in [0, 0.1) is 0 Å². The molecule has 158 valence electrons. The Morgan fingerprint density at radius 3 is 2.17 bits per heavy atom. The van der Waals surface area contributed by atoms with Gasteiger partial charge in [0.15, 0.2) is 0 Å². The van der Waals surface area contributed by atoms with Crippen LogP contribution in [0.5, 0.6) is 0 Å². The average Bonchev–Trinajstić information content (AvgIpc) is 2.79. The van der Waals surface area contributed by atoms with Crippen LogP contribution in [0.25, 0.3) is 0 Å². The van der Waals surface area contributed by atoms with Gasteiger partial charge in [-0.05, 0) is 43.3 Å². The summed E-state index contributed by atoms with van der Waals surface area (Å²) in [6.07, 6.45) is 0. The molecule has 2 aromatic carbocycles. The molecule has 1 saturated heterocycles. The zero-order valence-corrected chi connectivity index (χ0v) is 17.1. The Kier molecular flexibility index (Phi) is 6.90. The molecule has 2 N–H and O–H groups in total. The van der Waals surface area contributed by atoms with Crippen LogP contribution in [0.1, 0.15) is 17.3 Å². The lowest BCUT2D eigenvalue weighted by atomic mass is 10.2. The van der Waals surface area contributed by atoms with E-state index in [4.69, 9.17) is 0 Å². The summed E-state index contributed by atoms with van der Waals surface area (Å²) in [4.78, 5) is 40.3. The number of hydrogen-bond donors (Lipinski definition) is 2. The minimum Gasteiger partial charge on any atom is -0.465 e. The summed E-state index contributed by atoms with van der Waals surface area (Å²) in [6, 6.07) is 15.5. The van der Waals surface area contributed by atoms with E-state index in [1.165, 1.54) is 7.11 Å². The molecule has 0 spiro atoms. The predicted molar refractivity (Wildman–Crippen MR) is 115 cm³/mol. The van der Waals surface area contributed by atoms with Gasteiger partial charge >= 0.3 is 12.0 Å². The van der Waals surface area contributed by atoms with E-state index in [-0.39, 0.29) is 11.9 Å². The summed E-state index contributed by atoms with van der Waals surface area (Å²) in [6.45, 7) is 4.29. The Balaban J connectivity index is 1.47. The van der Waals surface area contributed by atoms with E-state index in [0.29, 0.717) is 24.3 Å². The fourth-order valence-corrected chi connectivity index (χ4v) is 3.21. The van der Waals surface area contributed by atoms with Gasteiger partial charge in [0.25, 0.3) is 0 Å². The van der Waals surface area contributed by atoms with E-state index in [1.807, 2.05) is 18.2 Å². The molecule has 3 amide bonds. The molecule has 1 atom stereocenters. The van der Waals surface area contributed by atoms with Crippen molar-refractivity contribution in [1.29, 1.82) is 0 Å². The number of carbonyl (C=O) groups excluding carboxylic acids is 3. The van der Waals surface area contributed by atoms with Gasteiger partial charge in [0.1, 0.15) is 6.04 Å². The maximum atomic E-state index is 12.5. The molecule has 8 nitrogen and oxygen atoms in total. The number of ether oxygens (including phenoxy) is 1. The number of hydrogen-bond acceptors (Lipinski definition) is 5. The standard InChI is InChI=1S/C22H26N4O4/c1-16(20(27)24-18-10-8-17(9-11-18)21(28)30-2)23-22(29)26-14-12-25(13-15-26)19-6-4-3-5-7-19/h3-11,16H,12-15H2,1-2H3,(H,23,29)(H,24,27)/t16-/m0/s1. The second-order valence-corrected chi connectivity index (χ2v) is 7.04. The van der Waals surface area contributed by atoms with Gasteiger partial charge in [0, 0.05) is 37.6 Å². The monoisotopic (exact) mass is 410 g/mol. The maximum absolute atomic E-state index is 12.5. The topological polar surface area (TPSA) is 91.0 Å². The summed E-state index contributed by atoms with van der Waals surface area (Å²) in [7, 11) is 1.31. The molecule has 2 aromatic rings. The number of methoxy groups -OCH3 is 1. The van der Waals surface area contributed by atoms with Crippen LogP contribution in [0.15, 0.2) is 54.6 Å². The molecule has 0 aromatic heterocycles. The highest BCUT2D eigenvalue weighted by Gasteiger charge is 2.24. The van der Waals surface area contributed by atoms with E-state index in [2.05, 4.69) is 32.4 Å². The first-order chi connectivity index (χ1) is 14.5. The Labute approximate surface area is 175 Å². The zero-order chi connectivity index (χ0) is 21.5. The number of rotatable bonds is 5. The number of nitrogens with one attached hydrogen (secondary N) is 2. The molecule has 1 aliphatic heterocycles. The van der Waals surface area contributed by atoms with Crippen LogP contribution in [-0.4, -0.2) is 62.1 Å². The summed E-state index contributed by atoms with van der Waals surface area (Å²) >= 11 is 0. The van der Waals surface area contributed by atoms with Crippen molar-refractivity contribution in [2.45, 2.75) is 13.0 Å². The molecule has 1 heterocycles. The maximum Gasteiger partial charge on any atom is 0.337 e. The first kappa shape index (κ1) is 21.2. The molecular formula is C22H26N4O4. The largest absolute Gasteiger partial charge is 0.465 e. The summed E-state index contributed by atoms with van der Waals surface area (Å²) in [5, 5.41) is 5.48. The van der Waals surface area contributed by atoms with Gasteiger partial charge in [-0.15, -0.1) is 0 Å². The number of amides is 3. The van der Waals surface area contributed by atoms with E-state index < -0.39 is 12.0 Å². The van der Waals surface area contributed by atoms with E-state index in [9.17, 15) is 14.4 Å². The second-order valence-electron chi connectivity index (χ2n) is 7.04. The molecule has 0 radical (unpaired) electrons. The molecule has 0 bridgehead atoms. The number of nitrogens with zero attached hydrogens (tertiary/aromatic N) is 2. The molecule has 0 unspecified atom stereocenters. The highest BCUT2D eigenvalue weighted by Crippen LogP contribution is 2.16. The van der Waals surface area contributed by atoms with E-state index in [0.717, 1.165) is 18.8 Å². The van der Waals surface area contributed by atoms with Crippen LogP contribution < -0.4 is 15.5 Å². The molecule has 0 saturated carbocycles. The number of piperazine rings is 1. The van der Waals surface area contributed by atoms with Gasteiger partial charge in [-0.25, -0.2) is 9.59 Å². The van der Waals surface area contributed by atoms with Crippen LogP contribution in [0.4, 0.5) is 16.2 Å². The molecule has 3 rings (SSSR count). The third-order valence-corrected chi connectivity index (χ3v) is 5.00. The third kappa shape index (κ3) is 5.28. The quantitative estimate of drug-likeness (QED) is 0.739. The van der Waals surface area contributed by atoms with Crippen molar-refractivity contribution in [2.75, 3.05) is 43.5 Å². The highest BCUT2D eigenvalue weighted by atomic mass is 16.5. The van der Waals surface area contributed by atoms with Gasteiger partial charge in [0.2, 0.25) is 5.91 Å². The Morgan fingerprint density at radius 1 is 0.933 bits per heavy atom.